The number of unbranched alkanes of at least 4 members (excludes halogenated alkanes) is 2. The maximum Gasteiger partial charge on any atom is 0.231 e. The highest BCUT2D eigenvalue weighted by Gasteiger charge is 2.29. The molecule has 0 aromatic heterocycles. The van der Waals surface area contributed by atoms with Crippen molar-refractivity contribution in [3.05, 3.63) is 41.0 Å². The zero-order valence-corrected chi connectivity index (χ0v) is 15.1. The Kier molecular flexibility index (Phi) is 4.71. The lowest BCUT2D eigenvalue weighted by atomic mass is 9.91. The van der Waals surface area contributed by atoms with Gasteiger partial charge in [0.05, 0.1) is 12.0 Å². The molecule has 1 aliphatic rings. The molecule has 1 aliphatic heterocycles. The van der Waals surface area contributed by atoms with Crippen molar-refractivity contribution in [1.29, 1.82) is 0 Å². The Hall–Kier alpha value is -2.49. The summed E-state index contributed by atoms with van der Waals surface area (Å²) in [6, 6.07) is 7.33. The van der Waals surface area contributed by atoms with Gasteiger partial charge in [-0.3, -0.25) is 4.79 Å². The number of hydrogen-bond donors (Lipinski definition) is 2. The number of benzene rings is 2. The van der Waals surface area contributed by atoms with Crippen LogP contribution in [0.25, 0.3) is 11.1 Å². The highest BCUT2D eigenvalue weighted by molar-refractivity contribution is 6.04. The van der Waals surface area contributed by atoms with Crippen molar-refractivity contribution in [3.63, 3.8) is 0 Å². The Labute approximate surface area is 148 Å². The molecular weight excluding hydrogens is 314 g/mol. The monoisotopic (exact) mass is 339 g/mol. The molecule has 0 aliphatic carbocycles. The van der Waals surface area contributed by atoms with Crippen molar-refractivity contribution in [2.24, 2.45) is 0 Å². The van der Waals surface area contributed by atoms with E-state index in [-0.39, 0.29) is 17.4 Å². The van der Waals surface area contributed by atoms with E-state index in [2.05, 4.69) is 6.92 Å². The van der Waals surface area contributed by atoms with Crippen LogP contribution in [0, 0.1) is 6.92 Å². The van der Waals surface area contributed by atoms with Gasteiger partial charge in [0.15, 0.2) is 0 Å². The number of anilines is 1. The predicted molar refractivity (Wildman–Crippen MR) is 100 cm³/mol. The van der Waals surface area contributed by atoms with E-state index in [1.54, 1.807) is 24.1 Å². The van der Waals surface area contributed by atoms with Crippen LogP contribution in [-0.4, -0.2) is 23.2 Å². The van der Waals surface area contributed by atoms with Crippen LogP contribution < -0.4 is 4.90 Å². The predicted octanol–water partition coefficient (Wildman–Crippen LogP) is 4.32. The van der Waals surface area contributed by atoms with E-state index < -0.39 is 0 Å². The number of carbonyl (C=O) groups excluding carboxylic acids is 1. The summed E-state index contributed by atoms with van der Waals surface area (Å²) in [5, 5.41) is 21.2. The van der Waals surface area contributed by atoms with Gasteiger partial charge in [-0.2, -0.15) is 0 Å². The van der Waals surface area contributed by atoms with E-state index in [9.17, 15) is 15.0 Å². The van der Waals surface area contributed by atoms with Crippen LogP contribution in [-0.2, 0) is 17.6 Å². The zero-order chi connectivity index (χ0) is 18.1. The van der Waals surface area contributed by atoms with Crippen LogP contribution in [0.5, 0.6) is 11.5 Å². The van der Waals surface area contributed by atoms with Gasteiger partial charge in [0.2, 0.25) is 5.91 Å². The Balaban J connectivity index is 2.08. The minimum Gasteiger partial charge on any atom is -0.507 e. The van der Waals surface area contributed by atoms with Gasteiger partial charge in [-0.25, -0.2) is 0 Å². The molecule has 4 heteroatoms. The fourth-order valence-electron chi connectivity index (χ4n) is 3.65. The van der Waals surface area contributed by atoms with Gasteiger partial charge in [-0.15, -0.1) is 0 Å². The molecule has 0 bridgehead atoms. The molecular formula is C21H25NO3. The first-order valence-electron chi connectivity index (χ1n) is 8.88. The SMILES string of the molecule is CCCCCc1cc(O)c(-c2c(C)ccc3c2CC(=O)N3C)c(O)c1. The number of amides is 1. The lowest BCUT2D eigenvalue weighted by molar-refractivity contribution is -0.117. The second-order valence-electron chi connectivity index (χ2n) is 6.85. The van der Waals surface area contributed by atoms with Crippen LogP contribution >= 0.6 is 0 Å². The normalized spacial score (nSPS) is 13.4. The smallest absolute Gasteiger partial charge is 0.231 e. The van der Waals surface area contributed by atoms with E-state index in [0.717, 1.165) is 53.6 Å². The Bertz CT molecular complexity index is 803. The van der Waals surface area contributed by atoms with Crippen molar-refractivity contribution in [3.8, 4) is 22.6 Å². The number of nitrogens with zero attached hydrogens (tertiary/aromatic N) is 1. The van der Waals surface area contributed by atoms with Crippen molar-refractivity contribution >= 4 is 11.6 Å². The highest BCUT2D eigenvalue weighted by atomic mass is 16.3. The second-order valence-corrected chi connectivity index (χ2v) is 6.85. The molecule has 25 heavy (non-hydrogen) atoms. The average Bonchev–Trinajstić information content (AvgIpc) is 2.84. The van der Waals surface area contributed by atoms with Gasteiger partial charge in [-0.05, 0) is 60.2 Å². The van der Waals surface area contributed by atoms with Gasteiger partial charge in [0, 0.05) is 12.7 Å². The maximum absolute atomic E-state index is 12.1. The highest BCUT2D eigenvalue weighted by Crippen LogP contribution is 2.46. The molecule has 1 heterocycles. The van der Waals surface area contributed by atoms with Crippen LogP contribution in [0.2, 0.25) is 0 Å². The first-order valence-corrected chi connectivity index (χ1v) is 8.88. The topological polar surface area (TPSA) is 60.8 Å². The third-order valence-electron chi connectivity index (χ3n) is 5.04. The Morgan fingerprint density at radius 1 is 1.08 bits per heavy atom. The molecule has 0 unspecified atom stereocenters. The van der Waals surface area contributed by atoms with Gasteiger partial charge < -0.3 is 15.1 Å². The quantitative estimate of drug-likeness (QED) is 0.797. The third kappa shape index (κ3) is 3.09. The average molecular weight is 339 g/mol. The van der Waals surface area contributed by atoms with Crippen molar-refractivity contribution in [2.45, 2.75) is 46.0 Å². The minimum atomic E-state index is 0.0250. The van der Waals surface area contributed by atoms with E-state index in [1.807, 2.05) is 19.1 Å². The van der Waals surface area contributed by atoms with E-state index in [1.165, 1.54) is 0 Å². The molecule has 0 saturated heterocycles. The summed E-state index contributed by atoms with van der Waals surface area (Å²) in [6.07, 6.45) is 4.42. The molecule has 0 fully saturated rings. The molecule has 132 valence electrons. The number of fused-ring (bicyclic) bond motifs is 1. The molecule has 0 radical (unpaired) electrons. The van der Waals surface area contributed by atoms with Crippen molar-refractivity contribution in [1.82, 2.24) is 0 Å². The van der Waals surface area contributed by atoms with Gasteiger partial charge >= 0.3 is 0 Å². The van der Waals surface area contributed by atoms with Gasteiger partial charge in [-0.1, -0.05) is 25.8 Å². The molecule has 0 saturated carbocycles. The zero-order valence-electron chi connectivity index (χ0n) is 15.1. The summed E-state index contributed by atoms with van der Waals surface area (Å²) in [5.74, 6) is 0.173. The summed E-state index contributed by atoms with van der Waals surface area (Å²) in [7, 11) is 1.75. The lowest BCUT2D eigenvalue weighted by Crippen LogP contribution is -2.20. The van der Waals surface area contributed by atoms with E-state index in [4.69, 9.17) is 0 Å². The Morgan fingerprint density at radius 2 is 1.76 bits per heavy atom. The summed E-state index contributed by atoms with van der Waals surface area (Å²) >= 11 is 0. The molecule has 2 aromatic rings. The lowest BCUT2D eigenvalue weighted by Gasteiger charge is -2.17. The van der Waals surface area contributed by atoms with Gasteiger partial charge in [0.25, 0.3) is 0 Å². The fourth-order valence-corrected chi connectivity index (χ4v) is 3.65. The van der Waals surface area contributed by atoms with Crippen molar-refractivity contribution in [2.75, 3.05) is 11.9 Å². The first kappa shape index (κ1) is 17.3. The number of hydrogen-bond acceptors (Lipinski definition) is 3. The van der Waals surface area contributed by atoms with Crippen LogP contribution in [0.4, 0.5) is 5.69 Å². The molecule has 4 nitrogen and oxygen atoms in total. The Morgan fingerprint density at radius 3 is 2.40 bits per heavy atom. The molecule has 0 spiro atoms. The summed E-state index contributed by atoms with van der Waals surface area (Å²) in [4.78, 5) is 13.7. The number of aryl methyl sites for hydroxylation is 2. The number of rotatable bonds is 5. The van der Waals surface area contributed by atoms with E-state index >= 15 is 0 Å². The fraction of sp³-hybridized carbons (Fsp3) is 0.381. The van der Waals surface area contributed by atoms with Crippen LogP contribution in [0.1, 0.15) is 42.9 Å². The van der Waals surface area contributed by atoms with Crippen LogP contribution in [0.15, 0.2) is 24.3 Å². The molecule has 0 atom stereocenters. The standard InChI is InChI=1S/C21H25NO3/c1-4-5-6-7-14-10-17(23)21(18(24)11-14)20-13(2)8-9-16-15(20)12-19(25)22(16)3/h8-11,23-24H,4-7,12H2,1-3H3. The van der Waals surface area contributed by atoms with E-state index in [0.29, 0.717) is 12.0 Å². The third-order valence-corrected chi connectivity index (χ3v) is 5.04. The van der Waals surface area contributed by atoms with Crippen molar-refractivity contribution < 1.29 is 15.0 Å². The molecule has 1 amide bonds. The number of phenolic OH excluding ortho intramolecular Hbond substituents is 2. The molecule has 3 rings (SSSR count). The number of carbonyl (C=O) groups is 1. The number of aromatic hydroxyl groups is 2. The number of likely N-dealkylation sites (N-methyl/N-ethyl adjacent to an activating group) is 1. The largest absolute Gasteiger partial charge is 0.507 e. The second kappa shape index (κ2) is 6.79. The summed E-state index contributed by atoms with van der Waals surface area (Å²) < 4.78 is 0. The van der Waals surface area contributed by atoms with Crippen LogP contribution in [0.3, 0.4) is 0 Å². The summed E-state index contributed by atoms with van der Waals surface area (Å²) in [6.45, 7) is 4.08. The number of phenols is 2. The summed E-state index contributed by atoms with van der Waals surface area (Å²) in [5.41, 5.74) is 4.78. The maximum atomic E-state index is 12.1. The molecule has 2 aromatic carbocycles. The molecule has 2 N–H and O–H groups in total. The van der Waals surface area contributed by atoms with Gasteiger partial charge in [0.1, 0.15) is 11.5 Å². The minimum absolute atomic E-state index is 0.0250. The first-order chi connectivity index (χ1) is 11.9.